The summed E-state index contributed by atoms with van der Waals surface area (Å²) in [6, 6.07) is 13.5. The van der Waals surface area contributed by atoms with E-state index in [0.717, 1.165) is 21.7 Å². The lowest BCUT2D eigenvalue weighted by molar-refractivity contribution is -0.122. The van der Waals surface area contributed by atoms with Gasteiger partial charge in [-0.3, -0.25) is 14.9 Å². The molecule has 8 heteroatoms. The Balaban J connectivity index is 1.55. The van der Waals surface area contributed by atoms with Crippen LogP contribution in [0.15, 0.2) is 60.3 Å². The number of rotatable bonds is 3. The molecule has 0 unspecified atom stereocenters. The molecule has 2 aliphatic rings. The van der Waals surface area contributed by atoms with E-state index in [1.807, 2.05) is 48.9 Å². The molecule has 2 aliphatic heterocycles. The molecular formula is C24H19N3O5. The molecule has 5 rings (SSSR count). The largest absolute Gasteiger partial charge is 0.454 e. The lowest BCUT2D eigenvalue weighted by Gasteiger charge is -2.26. The van der Waals surface area contributed by atoms with Gasteiger partial charge in [0.25, 0.3) is 11.8 Å². The molecular weight excluding hydrogens is 410 g/mol. The third-order valence-electron chi connectivity index (χ3n) is 5.62. The number of imide groups is 2. The Morgan fingerprint density at radius 3 is 2.62 bits per heavy atom. The van der Waals surface area contributed by atoms with Crippen molar-refractivity contribution in [2.45, 2.75) is 13.8 Å². The number of nitrogens with zero attached hydrogens (tertiary/aromatic N) is 2. The average Bonchev–Trinajstić information content (AvgIpc) is 3.42. The van der Waals surface area contributed by atoms with E-state index in [2.05, 4.69) is 5.32 Å². The summed E-state index contributed by atoms with van der Waals surface area (Å²) in [5.74, 6) is -0.511. The second-order valence-corrected chi connectivity index (χ2v) is 7.52. The van der Waals surface area contributed by atoms with E-state index in [4.69, 9.17) is 9.47 Å². The van der Waals surface area contributed by atoms with Crippen LogP contribution < -0.4 is 19.7 Å². The summed E-state index contributed by atoms with van der Waals surface area (Å²) in [5.41, 5.74) is 3.92. The molecule has 1 saturated heterocycles. The number of benzene rings is 2. The SMILES string of the molecule is Cc1cccc(-n2cccc2/C=C2\C(=O)NC(=O)N(c3ccc4c(c3)OCO4)C2=O)c1C. The van der Waals surface area contributed by atoms with Gasteiger partial charge in [-0.2, -0.15) is 0 Å². The third-order valence-corrected chi connectivity index (χ3v) is 5.62. The van der Waals surface area contributed by atoms with Gasteiger partial charge >= 0.3 is 6.03 Å². The fourth-order valence-electron chi connectivity index (χ4n) is 3.79. The summed E-state index contributed by atoms with van der Waals surface area (Å²) < 4.78 is 12.5. The molecule has 0 atom stereocenters. The van der Waals surface area contributed by atoms with Crippen LogP contribution in [-0.4, -0.2) is 29.2 Å². The maximum Gasteiger partial charge on any atom is 0.335 e. The first kappa shape index (κ1) is 19.6. The van der Waals surface area contributed by atoms with Gasteiger partial charge in [0.15, 0.2) is 11.5 Å². The highest BCUT2D eigenvalue weighted by Crippen LogP contribution is 2.36. The number of fused-ring (bicyclic) bond motifs is 1. The van der Waals surface area contributed by atoms with E-state index in [1.165, 1.54) is 12.1 Å². The van der Waals surface area contributed by atoms with Crippen LogP contribution in [0.4, 0.5) is 10.5 Å². The lowest BCUT2D eigenvalue weighted by atomic mass is 10.1. The van der Waals surface area contributed by atoms with Crippen molar-refractivity contribution in [3.63, 3.8) is 0 Å². The van der Waals surface area contributed by atoms with Crippen molar-refractivity contribution < 1.29 is 23.9 Å². The van der Waals surface area contributed by atoms with Gasteiger partial charge in [0, 0.05) is 23.6 Å². The molecule has 2 aromatic carbocycles. The number of nitrogens with one attached hydrogen (secondary N) is 1. The Labute approximate surface area is 183 Å². The Morgan fingerprint density at radius 1 is 0.969 bits per heavy atom. The molecule has 4 amide bonds. The van der Waals surface area contributed by atoms with Crippen LogP contribution in [0.5, 0.6) is 11.5 Å². The Morgan fingerprint density at radius 2 is 1.78 bits per heavy atom. The number of ether oxygens (including phenoxy) is 2. The van der Waals surface area contributed by atoms with E-state index in [9.17, 15) is 14.4 Å². The van der Waals surface area contributed by atoms with E-state index >= 15 is 0 Å². The first-order valence-electron chi connectivity index (χ1n) is 9.99. The first-order chi connectivity index (χ1) is 15.4. The second-order valence-electron chi connectivity index (χ2n) is 7.52. The summed E-state index contributed by atoms with van der Waals surface area (Å²) >= 11 is 0. The Kier molecular flexibility index (Phi) is 4.55. The van der Waals surface area contributed by atoms with Gasteiger partial charge in [-0.05, 0) is 61.4 Å². The smallest absolute Gasteiger partial charge is 0.335 e. The first-order valence-corrected chi connectivity index (χ1v) is 9.99. The molecule has 1 aromatic heterocycles. The minimum atomic E-state index is -0.819. The summed E-state index contributed by atoms with van der Waals surface area (Å²) in [6.45, 7) is 4.10. The van der Waals surface area contributed by atoms with Gasteiger partial charge in [0.2, 0.25) is 6.79 Å². The maximum atomic E-state index is 13.2. The van der Waals surface area contributed by atoms with Crippen LogP contribution in [0.2, 0.25) is 0 Å². The molecule has 1 N–H and O–H groups in total. The fourth-order valence-corrected chi connectivity index (χ4v) is 3.79. The van der Waals surface area contributed by atoms with Gasteiger partial charge in [-0.15, -0.1) is 0 Å². The van der Waals surface area contributed by atoms with Crippen molar-refractivity contribution >= 4 is 29.6 Å². The zero-order valence-electron chi connectivity index (χ0n) is 17.4. The number of hydrogen-bond donors (Lipinski definition) is 1. The van der Waals surface area contributed by atoms with Crippen molar-refractivity contribution in [2.75, 3.05) is 11.7 Å². The molecule has 32 heavy (non-hydrogen) atoms. The number of urea groups is 1. The number of hydrogen-bond acceptors (Lipinski definition) is 5. The molecule has 0 spiro atoms. The van der Waals surface area contributed by atoms with Gasteiger partial charge in [0.05, 0.1) is 5.69 Å². The highest BCUT2D eigenvalue weighted by atomic mass is 16.7. The van der Waals surface area contributed by atoms with E-state index in [-0.39, 0.29) is 18.1 Å². The minimum absolute atomic E-state index is 0.0674. The van der Waals surface area contributed by atoms with E-state index in [1.54, 1.807) is 18.2 Å². The summed E-state index contributed by atoms with van der Waals surface area (Å²) in [7, 11) is 0. The van der Waals surface area contributed by atoms with Crippen LogP contribution in [-0.2, 0) is 9.59 Å². The normalized spacial score (nSPS) is 16.6. The zero-order valence-corrected chi connectivity index (χ0v) is 17.4. The maximum absolute atomic E-state index is 13.2. The minimum Gasteiger partial charge on any atom is -0.454 e. The molecule has 3 heterocycles. The van der Waals surface area contributed by atoms with Crippen molar-refractivity contribution in [2.24, 2.45) is 0 Å². The number of amides is 4. The molecule has 160 valence electrons. The Hall–Kier alpha value is -4.33. The predicted octanol–water partition coefficient (Wildman–Crippen LogP) is 3.49. The number of aromatic nitrogens is 1. The topological polar surface area (TPSA) is 89.9 Å². The average molecular weight is 429 g/mol. The predicted molar refractivity (Wildman–Crippen MR) is 117 cm³/mol. The van der Waals surface area contributed by atoms with Crippen LogP contribution in [0, 0.1) is 13.8 Å². The summed E-state index contributed by atoms with van der Waals surface area (Å²) in [4.78, 5) is 39.2. The fraction of sp³-hybridized carbons (Fsp3) is 0.125. The number of carbonyl (C=O) groups is 3. The van der Waals surface area contributed by atoms with Crippen LogP contribution in [0.1, 0.15) is 16.8 Å². The van der Waals surface area contributed by atoms with Gasteiger partial charge in [-0.1, -0.05) is 12.1 Å². The molecule has 8 nitrogen and oxygen atoms in total. The number of aryl methyl sites for hydroxylation is 1. The van der Waals surface area contributed by atoms with Gasteiger partial charge in [0.1, 0.15) is 5.57 Å². The van der Waals surface area contributed by atoms with Crippen molar-refractivity contribution in [3.05, 3.63) is 77.1 Å². The lowest BCUT2D eigenvalue weighted by Crippen LogP contribution is -2.54. The Bertz CT molecular complexity index is 1320. The number of carbonyl (C=O) groups excluding carboxylic acids is 3. The number of barbiturate groups is 1. The van der Waals surface area contributed by atoms with Gasteiger partial charge < -0.3 is 14.0 Å². The second kappa shape index (κ2) is 7.42. The molecule has 0 aliphatic carbocycles. The highest BCUT2D eigenvalue weighted by Gasteiger charge is 2.37. The molecule has 1 fully saturated rings. The van der Waals surface area contributed by atoms with E-state index in [0.29, 0.717) is 17.2 Å². The van der Waals surface area contributed by atoms with Crippen molar-refractivity contribution in [1.82, 2.24) is 9.88 Å². The number of anilines is 1. The standard InChI is InChI=1S/C24H19N3O5/c1-14-5-3-7-19(15(14)2)26-10-4-6-16(26)11-18-22(28)25-24(30)27(23(18)29)17-8-9-20-21(12-17)32-13-31-20/h3-12H,13H2,1-2H3,(H,25,28,30)/b18-11+. The molecule has 0 bridgehead atoms. The van der Waals surface area contributed by atoms with Crippen LogP contribution >= 0.6 is 0 Å². The van der Waals surface area contributed by atoms with Crippen LogP contribution in [0.25, 0.3) is 11.8 Å². The summed E-state index contributed by atoms with van der Waals surface area (Å²) in [6.07, 6.45) is 3.35. The summed E-state index contributed by atoms with van der Waals surface area (Å²) in [5, 5.41) is 2.25. The monoisotopic (exact) mass is 429 g/mol. The molecule has 3 aromatic rings. The van der Waals surface area contributed by atoms with Gasteiger partial charge in [-0.25, -0.2) is 9.69 Å². The van der Waals surface area contributed by atoms with Crippen LogP contribution in [0.3, 0.4) is 0 Å². The van der Waals surface area contributed by atoms with E-state index < -0.39 is 17.8 Å². The third kappa shape index (κ3) is 3.13. The zero-order chi connectivity index (χ0) is 22.4. The van der Waals surface area contributed by atoms with Crippen molar-refractivity contribution in [3.8, 4) is 17.2 Å². The molecule has 0 radical (unpaired) electrons. The quantitative estimate of drug-likeness (QED) is 0.509. The molecule has 0 saturated carbocycles. The van der Waals surface area contributed by atoms with Crippen molar-refractivity contribution in [1.29, 1.82) is 0 Å². The highest BCUT2D eigenvalue weighted by molar-refractivity contribution is 6.39.